The Kier molecular flexibility index (Phi) is 10.5. The van der Waals surface area contributed by atoms with Gasteiger partial charge in [0.05, 0.1) is 36.8 Å². The van der Waals surface area contributed by atoms with E-state index in [2.05, 4.69) is 10.3 Å². The molecule has 1 aliphatic rings. The molecule has 214 valence electrons. The van der Waals surface area contributed by atoms with E-state index >= 15 is 0 Å². The molecule has 40 heavy (non-hydrogen) atoms. The second-order valence-corrected chi connectivity index (χ2v) is 11.5. The van der Waals surface area contributed by atoms with Gasteiger partial charge in [0.25, 0.3) is 10.0 Å². The van der Waals surface area contributed by atoms with E-state index < -0.39 is 34.8 Å². The predicted molar refractivity (Wildman–Crippen MR) is 148 cm³/mol. The Balaban J connectivity index is 1.53. The first-order valence-electron chi connectivity index (χ1n) is 13.2. The van der Waals surface area contributed by atoms with E-state index in [0.29, 0.717) is 11.3 Å². The number of aliphatic hydroxyl groups excluding tert-OH is 1. The quantitative estimate of drug-likeness (QED) is 0.297. The van der Waals surface area contributed by atoms with Gasteiger partial charge in [0.2, 0.25) is 0 Å². The highest BCUT2D eigenvalue weighted by molar-refractivity contribution is 7.89. The molecule has 1 amide bonds. The lowest BCUT2D eigenvalue weighted by molar-refractivity contribution is -0.145. The number of carbonyl (C=O) groups excluding carboxylic acids is 1. The van der Waals surface area contributed by atoms with Crippen LogP contribution in [0.1, 0.15) is 36.8 Å². The minimum Gasteiger partial charge on any atom is -0.497 e. The number of benzene rings is 2. The minimum atomic E-state index is -4.15. The number of nitrogens with one attached hydrogen (secondary N) is 1. The fourth-order valence-electron chi connectivity index (χ4n) is 4.48. The summed E-state index contributed by atoms with van der Waals surface area (Å²) >= 11 is 0. The van der Waals surface area contributed by atoms with Crippen molar-refractivity contribution in [2.75, 3.05) is 13.7 Å². The average Bonchev–Trinajstić information content (AvgIpc) is 3.50. The number of hydrogen-bond acceptors (Lipinski definition) is 8. The number of aliphatic hydroxyl groups is 1. The van der Waals surface area contributed by atoms with Crippen molar-refractivity contribution >= 4 is 16.1 Å². The van der Waals surface area contributed by atoms with Gasteiger partial charge in [0.1, 0.15) is 12.4 Å². The number of pyridine rings is 1. The molecule has 2 atom stereocenters. The molecule has 0 radical (unpaired) electrons. The molecule has 0 aliphatic heterocycles. The van der Waals surface area contributed by atoms with Crippen LogP contribution in [-0.2, 0) is 32.6 Å². The predicted octanol–water partition coefficient (Wildman–Crippen LogP) is 3.85. The van der Waals surface area contributed by atoms with Gasteiger partial charge >= 0.3 is 6.09 Å². The Morgan fingerprint density at radius 3 is 2.40 bits per heavy atom. The summed E-state index contributed by atoms with van der Waals surface area (Å²) in [5.41, 5.74) is 1.56. The van der Waals surface area contributed by atoms with E-state index in [1.165, 1.54) is 19.2 Å². The van der Waals surface area contributed by atoms with Crippen LogP contribution in [0.2, 0.25) is 0 Å². The molecule has 11 heteroatoms. The molecule has 1 fully saturated rings. The molecule has 1 aliphatic carbocycles. The zero-order chi connectivity index (χ0) is 28.4. The van der Waals surface area contributed by atoms with Gasteiger partial charge in [-0.3, -0.25) is 9.82 Å². The van der Waals surface area contributed by atoms with Crippen LogP contribution < -0.4 is 10.1 Å². The van der Waals surface area contributed by atoms with E-state index in [1.54, 1.807) is 36.7 Å². The average molecular weight is 570 g/mol. The summed E-state index contributed by atoms with van der Waals surface area (Å²) in [4.78, 5) is 22.7. The zero-order valence-electron chi connectivity index (χ0n) is 22.4. The second-order valence-electron chi connectivity index (χ2n) is 9.62. The molecule has 1 heterocycles. The third-order valence-electron chi connectivity index (χ3n) is 6.69. The van der Waals surface area contributed by atoms with Crippen molar-refractivity contribution in [2.45, 2.75) is 61.9 Å². The SMILES string of the molecule is COc1ccc(S(=O)(=O)N(C[C@@H](O)[C@H](Cc2ccccc2)NC(=O)OCc2cccnc2)OC2CCCC2)cc1. The number of nitrogens with zero attached hydrogens (tertiary/aromatic N) is 2. The first-order chi connectivity index (χ1) is 19.3. The minimum absolute atomic E-state index is 0.00180. The van der Waals surface area contributed by atoms with Crippen LogP contribution in [0.5, 0.6) is 5.75 Å². The first-order valence-corrected chi connectivity index (χ1v) is 14.7. The van der Waals surface area contributed by atoms with Crippen molar-refractivity contribution in [2.24, 2.45) is 0 Å². The largest absolute Gasteiger partial charge is 0.497 e. The van der Waals surface area contributed by atoms with Gasteiger partial charge in [0, 0.05) is 18.0 Å². The molecule has 1 saturated carbocycles. The van der Waals surface area contributed by atoms with E-state index in [1.807, 2.05) is 30.3 Å². The number of carbonyl (C=O) groups is 1. The van der Waals surface area contributed by atoms with Crippen LogP contribution >= 0.6 is 0 Å². The van der Waals surface area contributed by atoms with Gasteiger partial charge in [-0.05, 0) is 55.2 Å². The molecular formula is C29H35N3O7S. The van der Waals surface area contributed by atoms with Gasteiger partial charge in [-0.2, -0.15) is 0 Å². The summed E-state index contributed by atoms with van der Waals surface area (Å²) in [5.74, 6) is 0.513. The number of rotatable bonds is 13. The van der Waals surface area contributed by atoms with Crippen molar-refractivity contribution in [1.82, 2.24) is 14.8 Å². The lowest BCUT2D eigenvalue weighted by Crippen LogP contribution is -2.51. The number of ether oxygens (including phenoxy) is 2. The Morgan fingerprint density at radius 1 is 1.05 bits per heavy atom. The van der Waals surface area contributed by atoms with Crippen molar-refractivity contribution in [1.29, 1.82) is 0 Å². The number of hydrogen-bond donors (Lipinski definition) is 2. The van der Waals surface area contributed by atoms with Crippen molar-refractivity contribution < 1.29 is 32.6 Å². The monoisotopic (exact) mass is 569 g/mol. The molecule has 0 bridgehead atoms. The maximum atomic E-state index is 13.6. The maximum absolute atomic E-state index is 13.6. The fraction of sp³-hybridized carbons (Fsp3) is 0.379. The van der Waals surface area contributed by atoms with Gasteiger partial charge < -0.3 is 19.9 Å². The summed E-state index contributed by atoms with van der Waals surface area (Å²) in [6, 6.07) is 17.9. The molecule has 0 saturated heterocycles. The molecule has 2 N–H and O–H groups in total. The normalized spacial score (nSPS) is 15.5. The molecule has 4 rings (SSSR count). The number of amides is 1. The third kappa shape index (κ3) is 8.25. The van der Waals surface area contributed by atoms with E-state index in [4.69, 9.17) is 14.3 Å². The van der Waals surface area contributed by atoms with Crippen LogP contribution in [-0.4, -0.2) is 61.0 Å². The Labute approximate surface area is 234 Å². The molecule has 2 aromatic carbocycles. The summed E-state index contributed by atoms with van der Waals surface area (Å²) in [5, 5.41) is 14.1. The van der Waals surface area contributed by atoms with Crippen molar-refractivity contribution in [3.8, 4) is 5.75 Å². The van der Waals surface area contributed by atoms with Crippen LogP contribution in [0.4, 0.5) is 4.79 Å². The van der Waals surface area contributed by atoms with Gasteiger partial charge in [-0.1, -0.05) is 53.7 Å². The summed E-state index contributed by atoms with van der Waals surface area (Å²) < 4.78 is 38.6. The van der Waals surface area contributed by atoms with Crippen LogP contribution in [0.25, 0.3) is 0 Å². The van der Waals surface area contributed by atoms with Gasteiger partial charge in [-0.15, -0.1) is 0 Å². The van der Waals surface area contributed by atoms with Crippen molar-refractivity contribution in [3.05, 3.63) is 90.3 Å². The van der Waals surface area contributed by atoms with E-state index in [-0.39, 0.29) is 24.0 Å². The standard InChI is InChI=1S/C29H35N3O7S/c1-37-24-13-15-26(16-14-24)40(35,36)32(39-25-11-5-6-12-25)20-28(33)27(18-22-8-3-2-4-9-22)31-29(34)38-21-23-10-7-17-30-19-23/h2-4,7-10,13-17,19,25,27-28,33H,5-6,11-12,18,20-21H2,1H3,(H,31,34)/t27-,28+/m0/s1. The molecule has 0 spiro atoms. The lowest BCUT2D eigenvalue weighted by atomic mass is 10.0. The topological polar surface area (TPSA) is 127 Å². The van der Waals surface area contributed by atoms with Gasteiger partial charge in [-0.25, -0.2) is 13.2 Å². The summed E-state index contributed by atoms with van der Waals surface area (Å²) in [6.45, 7) is -0.401. The zero-order valence-corrected chi connectivity index (χ0v) is 23.2. The molecule has 10 nitrogen and oxygen atoms in total. The number of hydroxylamine groups is 1. The molecule has 0 unspecified atom stereocenters. The first kappa shape index (κ1) is 29.5. The Bertz CT molecular complexity index is 1300. The highest BCUT2D eigenvalue weighted by Gasteiger charge is 2.34. The number of methoxy groups -OCH3 is 1. The smallest absolute Gasteiger partial charge is 0.407 e. The van der Waals surface area contributed by atoms with E-state index in [0.717, 1.165) is 35.7 Å². The summed E-state index contributed by atoms with van der Waals surface area (Å²) in [7, 11) is -2.65. The van der Waals surface area contributed by atoms with Crippen LogP contribution in [0, 0.1) is 0 Å². The van der Waals surface area contributed by atoms with E-state index in [9.17, 15) is 18.3 Å². The van der Waals surface area contributed by atoms with Crippen LogP contribution in [0.3, 0.4) is 0 Å². The Hall–Kier alpha value is -3.51. The summed E-state index contributed by atoms with van der Waals surface area (Å²) in [6.07, 6.45) is 4.41. The second kappa shape index (κ2) is 14.2. The maximum Gasteiger partial charge on any atom is 0.407 e. The number of alkyl carbamates (subject to hydrolysis) is 1. The Morgan fingerprint density at radius 2 is 1.75 bits per heavy atom. The number of sulfonamides is 1. The molecular weight excluding hydrogens is 534 g/mol. The third-order valence-corrected chi connectivity index (χ3v) is 8.33. The molecule has 3 aromatic rings. The van der Waals surface area contributed by atoms with Crippen molar-refractivity contribution in [3.63, 3.8) is 0 Å². The number of aromatic nitrogens is 1. The molecule has 1 aromatic heterocycles. The van der Waals surface area contributed by atoms with Gasteiger partial charge in [0.15, 0.2) is 0 Å². The fourth-order valence-corrected chi connectivity index (χ4v) is 5.78. The highest BCUT2D eigenvalue weighted by Crippen LogP contribution is 2.27. The highest BCUT2D eigenvalue weighted by atomic mass is 32.2. The lowest BCUT2D eigenvalue weighted by Gasteiger charge is -2.30. The van der Waals surface area contributed by atoms with Crippen LogP contribution in [0.15, 0.2) is 84.0 Å².